The van der Waals surface area contributed by atoms with E-state index < -0.39 is 27.3 Å². The van der Waals surface area contributed by atoms with Crippen LogP contribution in [0.1, 0.15) is 41.1 Å². The molecule has 1 aliphatic heterocycles. The number of aromatic nitrogens is 1. The van der Waals surface area contributed by atoms with Gasteiger partial charge in [0.1, 0.15) is 11.3 Å². The van der Waals surface area contributed by atoms with E-state index in [4.69, 9.17) is 4.74 Å². The Kier molecular flexibility index (Phi) is 4.30. The molecule has 2 aromatic rings. The number of carbonyl (C=O) groups is 1. The van der Waals surface area contributed by atoms with E-state index in [1.165, 1.54) is 18.6 Å². The van der Waals surface area contributed by atoms with E-state index in [-0.39, 0.29) is 11.3 Å². The maximum absolute atomic E-state index is 12.5. The maximum atomic E-state index is 12.5. The largest absolute Gasteiger partial charge is 0.496 e. The number of nitrogens with one attached hydrogen (secondary N) is 2. The first kappa shape index (κ1) is 17.8. The van der Waals surface area contributed by atoms with Crippen LogP contribution in [0, 0.1) is 0 Å². The number of hydrogen-bond acceptors (Lipinski definition) is 5. The molecule has 1 saturated carbocycles. The van der Waals surface area contributed by atoms with E-state index in [2.05, 4.69) is 10.3 Å². The van der Waals surface area contributed by atoms with Crippen molar-refractivity contribution >= 4 is 26.6 Å². The molecule has 1 aromatic heterocycles. The highest BCUT2D eigenvalue weighted by atomic mass is 32.2. The molecule has 1 fully saturated rings. The van der Waals surface area contributed by atoms with Crippen LogP contribution in [0.3, 0.4) is 0 Å². The fourth-order valence-corrected chi connectivity index (χ4v) is 4.76. The lowest BCUT2D eigenvalue weighted by atomic mass is 9.79. The number of fused-ring (bicyclic) bond motifs is 1. The molecule has 0 spiro atoms. The summed E-state index contributed by atoms with van der Waals surface area (Å²) in [5, 5.41) is 4.29. The van der Waals surface area contributed by atoms with Crippen molar-refractivity contribution in [3.05, 3.63) is 51.2 Å². The Bertz CT molecular complexity index is 1110. The lowest BCUT2D eigenvalue weighted by molar-refractivity contribution is 0.0946. The zero-order chi connectivity index (χ0) is 19.2. The van der Waals surface area contributed by atoms with Crippen LogP contribution in [0.2, 0.25) is 0 Å². The number of rotatable bonds is 4. The first-order valence-corrected chi connectivity index (χ1v) is 10.5. The SMILES string of the molecule is COc1cc(C2CCC2)cc2[nH]c(=O)c(C(=O)N[C@@H]3C=CS(=O)(=O)C3)cc12. The number of methoxy groups -OCH3 is 1. The van der Waals surface area contributed by atoms with Gasteiger partial charge in [0, 0.05) is 10.8 Å². The van der Waals surface area contributed by atoms with Crippen LogP contribution in [0.25, 0.3) is 10.9 Å². The molecule has 2 heterocycles. The smallest absolute Gasteiger partial charge is 0.261 e. The lowest BCUT2D eigenvalue weighted by Gasteiger charge is -2.26. The van der Waals surface area contributed by atoms with Gasteiger partial charge in [-0.15, -0.1) is 0 Å². The van der Waals surface area contributed by atoms with Gasteiger partial charge < -0.3 is 15.0 Å². The summed E-state index contributed by atoms with van der Waals surface area (Å²) in [6.07, 6.45) is 4.86. The van der Waals surface area contributed by atoms with Gasteiger partial charge in [-0.3, -0.25) is 9.59 Å². The fraction of sp³-hybridized carbons (Fsp3) is 0.368. The summed E-state index contributed by atoms with van der Waals surface area (Å²) in [5.74, 6) is 0.266. The number of amides is 1. The van der Waals surface area contributed by atoms with Crippen LogP contribution in [0.4, 0.5) is 0 Å². The monoisotopic (exact) mass is 388 g/mol. The van der Waals surface area contributed by atoms with Crippen molar-refractivity contribution in [2.45, 2.75) is 31.2 Å². The molecule has 2 aliphatic rings. The molecule has 2 N–H and O–H groups in total. The van der Waals surface area contributed by atoms with E-state index in [0.717, 1.165) is 23.8 Å². The molecule has 1 aliphatic carbocycles. The van der Waals surface area contributed by atoms with Gasteiger partial charge in [-0.05, 0) is 48.6 Å². The zero-order valence-electron chi connectivity index (χ0n) is 14.8. The molecule has 0 bridgehead atoms. The molecule has 27 heavy (non-hydrogen) atoms. The van der Waals surface area contributed by atoms with Gasteiger partial charge in [0.05, 0.1) is 24.4 Å². The Balaban J connectivity index is 1.69. The summed E-state index contributed by atoms with van der Waals surface area (Å²) in [6, 6.07) is 4.76. The third-order valence-electron chi connectivity index (χ3n) is 5.23. The number of hydrogen-bond donors (Lipinski definition) is 2. The Morgan fingerprint density at radius 1 is 1.26 bits per heavy atom. The highest BCUT2D eigenvalue weighted by Crippen LogP contribution is 2.39. The average molecular weight is 388 g/mol. The second kappa shape index (κ2) is 6.53. The standard InChI is InChI=1S/C19H20N2O5S/c1-26-17-8-12(11-3-2-4-11)7-16-14(17)9-15(19(23)21-16)18(22)20-13-5-6-27(24,25)10-13/h5-9,11,13H,2-4,10H2,1H3,(H,20,22)(H,21,23)/t13-/m1/s1. The van der Waals surface area contributed by atoms with Crippen LogP contribution in [0.15, 0.2) is 34.5 Å². The van der Waals surface area contributed by atoms with E-state index in [1.807, 2.05) is 12.1 Å². The van der Waals surface area contributed by atoms with Gasteiger partial charge in [0.25, 0.3) is 11.5 Å². The van der Waals surface area contributed by atoms with Crippen LogP contribution in [0.5, 0.6) is 5.75 Å². The highest BCUT2D eigenvalue weighted by molar-refractivity contribution is 7.94. The minimum atomic E-state index is -3.29. The molecule has 0 radical (unpaired) electrons. The molecule has 1 atom stereocenters. The average Bonchev–Trinajstić information content (AvgIpc) is 2.90. The van der Waals surface area contributed by atoms with E-state index in [0.29, 0.717) is 22.6 Å². The Morgan fingerprint density at radius 2 is 2.04 bits per heavy atom. The molecule has 8 heteroatoms. The molecule has 7 nitrogen and oxygen atoms in total. The molecule has 142 valence electrons. The number of sulfone groups is 1. The summed E-state index contributed by atoms with van der Waals surface area (Å²) in [5.41, 5.74) is 1.16. The normalized spacial score (nSPS) is 21.1. The lowest BCUT2D eigenvalue weighted by Crippen LogP contribution is -2.38. The fourth-order valence-electron chi connectivity index (χ4n) is 3.53. The molecule has 0 unspecified atom stereocenters. The van der Waals surface area contributed by atoms with Crippen LogP contribution < -0.4 is 15.6 Å². The first-order valence-electron chi connectivity index (χ1n) is 8.83. The van der Waals surface area contributed by atoms with Crippen molar-refractivity contribution in [1.29, 1.82) is 0 Å². The number of carbonyl (C=O) groups excluding carboxylic acids is 1. The van der Waals surface area contributed by atoms with Crippen molar-refractivity contribution in [2.75, 3.05) is 12.9 Å². The summed E-state index contributed by atoms with van der Waals surface area (Å²) in [7, 11) is -1.74. The highest BCUT2D eigenvalue weighted by Gasteiger charge is 2.25. The minimum Gasteiger partial charge on any atom is -0.496 e. The summed E-state index contributed by atoms with van der Waals surface area (Å²) in [4.78, 5) is 27.7. The number of pyridine rings is 1. The van der Waals surface area contributed by atoms with E-state index in [9.17, 15) is 18.0 Å². The third-order valence-corrected chi connectivity index (χ3v) is 6.63. The Hall–Kier alpha value is -2.61. The Labute approximate surface area is 156 Å². The van der Waals surface area contributed by atoms with Crippen LogP contribution in [-0.2, 0) is 9.84 Å². The van der Waals surface area contributed by atoms with Gasteiger partial charge >= 0.3 is 0 Å². The van der Waals surface area contributed by atoms with Gasteiger partial charge in [-0.2, -0.15) is 0 Å². The zero-order valence-corrected chi connectivity index (χ0v) is 15.6. The minimum absolute atomic E-state index is 0.0742. The van der Waals surface area contributed by atoms with Crippen molar-refractivity contribution in [3.8, 4) is 5.75 Å². The Morgan fingerprint density at radius 3 is 2.63 bits per heavy atom. The van der Waals surface area contributed by atoms with Gasteiger partial charge in [0.2, 0.25) is 0 Å². The summed E-state index contributed by atoms with van der Waals surface area (Å²) in [6.45, 7) is 0. The first-order chi connectivity index (χ1) is 12.9. The number of aromatic amines is 1. The predicted octanol–water partition coefficient (Wildman–Crippen LogP) is 1.84. The summed E-state index contributed by atoms with van der Waals surface area (Å²) < 4.78 is 28.4. The third kappa shape index (κ3) is 3.37. The number of benzene rings is 1. The van der Waals surface area contributed by atoms with Gasteiger partial charge in [-0.1, -0.05) is 6.42 Å². The van der Waals surface area contributed by atoms with Gasteiger partial charge in [-0.25, -0.2) is 8.42 Å². The molecule has 1 aromatic carbocycles. The molecule has 4 rings (SSSR count). The quantitative estimate of drug-likeness (QED) is 0.832. The van der Waals surface area contributed by atoms with E-state index >= 15 is 0 Å². The molecular weight excluding hydrogens is 368 g/mol. The van der Waals surface area contributed by atoms with Crippen molar-refractivity contribution in [3.63, 3.8) is 0 Å². The molecular formula is C19H20N2O5S. The molecule has 0 saturated heterocycles. The van der Waals surface area contributed by atoms with Crippen LogP contribution >= 0.6 is 0 Å². The van der Waals surface area contributed by atoms with Crippen molar-refractivity contribution in [1.82, 2.24) is 10.3 Å². The van der Waals surface area contributed by atoms with Gasteiger partial charge in [0.15, 0.2) is 9.84 Å². The van der Waals surface area contributed by atoms with Crippen LogP contribution in [-0.4, -0.2) is 38.2 Å². The second-order valence-corrected chi connectivity index (χ2v) is 8.99. The van der Waals surface area contributed by atoms with E-state index in [1.54, 1.807) is 7.11 Å². The summed E-state index contributed by atoms with van der Waals surface area (Å²) >= 11 is 0. The number of ether oxygens (including phenoxy) is 1. The molecule has 1 amide bonds. The van der Waals surface area contributed by atoms with Crippen molar-refractivity contribution < 1.29 is 17.9 Å². The maximum Gasteiger partial charge on any atom is 0.261 e. The van der Waals surface area contributed by atoms with Crippen molar-refractivity contribution in [2.24, 2.45) is 0 Å². The number of H-pyrrole nitrogens is 1. The topological polar surface area (TPSA) is 105 Å². The predicted molar refractivity (Wildman–Crippen MR) is 102 cm³/mol. The second-order valence-electron chi connectivity index (χ2n) is 7.06.